The van der Waals surface area contributed by atoms with Gasteiger partial charge in [-0.1, -0.05) is 43.9 Å². The van der Waals surface area contributed by atoms with Crippen LogP contribution < -0.4 is 10.6 Å². The topological polar surface area (TPSA) is 110 Å². The highest BCUT2D eigenvalue weighted by molar-refractivity contribution is 8.01. The molecule has 1 heterocycles. The lowest BCUT2D eigenvalue weighted by Gasteiger charge is -2.17. The normalized spacial score (nSPS) is 11.0. The van der Waals surface area contributed by atoms with Crippen LogP contribution in [0, 0.1) is 5.41 Å². The van der Waals surface area contributed by atoms with Crippen LogP contribution in [0.3, 0.4) is 0 Å². The summed E-state index contributed by atoms with van der Waals surface area (Å²) in [6.07, 6.45) is 0.146. The molecule has 2 amide bonds. The van der Waals surface area contributed by atoms with Gasteiger partial charge in [0.05, 0.1) is 12.4 Å². The standard InChI is InChI=1S/C14H22N4O4S2/c1-5-22-10(20)8-23-13-18-17-12(24-13)16-9(19)6-7-15-11(21)14(2,3)4/h5-8H2,1-4H3,(H,15,21)(H,16,17,19). The van der Waals surface area contributed by atoms with Gasteiger partial charge in [0, 0.05) is 18.4 Å². The number of anilines is 1. The second-order valence-corrected chi connectivity index (χ2v) is 7.97. The molecule has 0 fully saturated rings. The quantitative estimate of drug-likeness (QED) is 0.405. The highest BCUT2D eigenvalue weighted by Gasteiger charge is 2.20. The molecule has 0 aliphatic carbocycles. The Bertz CT molecular complexity index is 584. The summed E-state index contributed by atoms with van der Waals surface area (Å²) in [7, 11) is 0. The zero-order chi connectivity index (χ0) is 18.2. The molecule has 0 aliphatic rings. The van der Waals surface area contributed by atoms with E-state index < -0.39 is 5.41 Å². The average molecular weight is 374 g/mol. The number of esters is 1. The van der Waals surface area contributed by atoms with Crippen molar-refractivity contribution < 1.29 is 19.1 Å². The SMILES string of the molecule is CCOC(=O)CSc1nnc(NC(=O)CCNC(=O)C(C)(C)C)s1. The molecule has 0 atom stereocenters. The van der Waals surface area contributed by atoms with Gasteiger partial charge in [0.1, 0.15) is 0 Å². The van der Waals surface area contributed by atoms with E-state index in [9.17, 15) is 14.4 Å². The molecule has 8 nitrogen and oxygen atoms in total. The van der Waals surface area contributed by atoms with Crippen LogP contribution in [0.5, 0.6) is 0 Å². The Morgan fingerprint density at radius 2 is 1.96 bits per heavy atom. The maximum absolute atomic E-state index is 11.8. The van der Waals surface area contributed by atoms with E-state index in [1.165, 1.54) is 23.1 Å². The Hall–Kier alpha value is -1.68. The van der Waals surface area contributed by atoms with Crippen molar-refractivity contribution in [3.8, 4) is 0 Å². The second kappa shape index (κ2) is 9.58. The third-order valence-corrected chi connectivity index (χ3v) is 4.54. The van der Waals surface area contributed by atoms with E-state index in [1.807, 2.05) is 0 Å². The molecule has 0 unspecified atom stereocenters. The van der Waals surface area contributed by atoms with Crippen molar-refractivity contribution in [1.82, 2.24) is 15.5 Å². The van der Waals surface area contributed by atoms with Gasteiger partial charge >= 0.3 is 5.97 Å². The van der Waals surface area contributed by atoms with Crippen molar-refractivity contribution in [2.75, 3.05) is 24.2 Å². The largest absolute Gasteiger partial charge is 0.465 e. The number of amides is 2. The van der Waals surface area contributed by atoms with E-state index in [-0.39, 0.29) is 36.5 Å². The maximum Gasteiger partial charge on any atom is 0.316 e. The van der Waals surface area contributed by atoms with E-state index in [1.54, 1.807) is 27.7 Å². The van der Waals surface area contributed by atoms with E-state index in [0.29, 0.717) is 16.1 Å². The summed E-state index contributed by atoms with van der Waals surface area (Å²) in [5.41, 5.74) is -0.485. The van der Waals surface area contributed by atoms with Gasteiger partial charge in [-0.25, -0.2) is 0 Å². The zero-order valence-corrected chi connectivity index (χ0v) is 15.8. The van der Waals surface area contributed by atoms with Crippen molar-refractivity contribution >= 4 is 46.0 Å². The molecule has 0 spiro atoms. The summed E-state index contributed by atoms with van der Waals surface area (Å²) < 4.78 is 5.38. The fraction of sp³-hybridized carbons (Fsp3) is 0.643. The van der Waals surface area contributed by atoms with Crippen LogP contribution in [0.4, 0.5) is 5.13 Å². The molecule has 10 heteroatoms. The molecule has 0 bridgehead atoms. The zero-order valence-electron chi connectivity index (χ0n) is 14.2. The third kappa shape index (κ3) is 7.73. The minimum Gasteiger partial charge on any atom is -0.465 e. The smallest absolute Gasteiger partial charge is 0.316 e. The Labute approximate surface area is 149 Å². The summed E-state index contributed by atoms with van der Waals surface area (Å²) in [5, 5.41) is 13.4. The van der Waals surface area contributed by atoms with Crippen molar-refractivity contribution in [2.45, 2.75) is 38.5 Å². The maximum atomic E-state index is 11.8. The molecule has 24 heavy (non-hydrogen) atoms. The van der Waals surface area contributed by atoms with Gasteiger partial charge in [-0.2, -0.15) is 0 Å². The van der Waals surface area contributed by atoms with Gasteiger partial charge in [-0.15, -0.1) is 10.2 Å². The monoisotopic (exact) mass is 374 g/mol. The van der Waals surface area contributed by atoms with Crippen LogP contribution in [0.1, 0.15) is 34.1 Å². The van der Waals surface area contributed by atoms with Crippen molar-refractivity contribution in [3.05, 3.63) is 0 Å². The van der Waals surface area contributed by atoms with Gasteiger partial charge < -0.3 is 15.4 Å². The minimum atomic E-state index is -0.485. The van der Waals surface area contributed by atoms with Gasteiger partial charge in [0.15, 0.2) is 4.34 Å². The molecule has 1 aromatic rings. The van der Waals surface area contributed by atoms with Crippen LogP contribution in [0.2, 0.25) is 0 Å². The molecule has 2 N–H and O–H groups in total. The number of aromatic nitrogens is 2. The Morgan fingerprint density at radius 3 is 2.58 bits per heavy atom. The molecule has 134 valence electrons. The van der Waals surface area contributed by atoms with E-state index in [0.717, 1.165) is 0 Å². The van der Waals surface area contributed by atoms with E-state index in [4.69, 9.17) is 4.74 Å². The number of carbonyl (C=O) groups is 3. The number of carbonyl (C=O) groups excluding carboxylic acids is 3. The summed E-state index contributed by atoms with van der Waals surface area (Å²) in [4.78, 5) is 34.7. The lowest BCUT2D eigenvalue weighted by molar-refractivity contribution is -0.139. The number of hydrogen-bond acceptors (Lipinski definition) is 8. The van der Waals surface area contributed by atoms with Gasteiger partial charge in [0.25, 0.3) is 0 Å². The third-order valence-electron chi connectivity index (χ3n) is 2.59. The van der Waals surface area contributed by atoms with Gasteiger partial charge in [-0.05, 0) is 6.92 Å². The number of nitrogens with zero attached hydrogens (tertiary/aromatic N) is 2. The molecule has 0 saturated heterocycles. The minimum absolute atomic E-state index is 0.108. The van der Waals surface area contributed by atoms with Gasteiger partial charge in [0.2, 0.25) is 16.9 Å². The van der Waals surface area contributed by atoms with Crippen LogP contribution in [-0.2, 0) is 19.1 Å². The van der Waals surface area contributed by atoms with Crippen LogP contribution in [0.25, 0.3) is 0 Å². The Kier molecular flexibility index (Phi) is 8.13. The molecule has 0 aromatic carbocycles. The molecule has 1 rings (SSSR count). The van der Waals surface area contributed by atoms with E-state index >= 15 is 0 Å². The first-order valence-electron chi connectivity index (χ1n) is 7.42. The average Bonchev–Trinajstić information content (AvgIpc) is 2.91. The molecule has 0 aliphatic heterocycles. The molecular formula is C14H22N4O4S2. The number of hydrogen-bond donors (Lipinski definition) is 2. The first-order chi connectivity index (χ1) is 11.2. The molecule has 0 saturated carbocycles. The van der Waals surface area contributed by atoms with Crippen molar-refractivity contribution in [1.29, 1.82) is 0 Å². The first kappa shape index (κ1) is 20.4. The summed E-state index contributed by atoms with van der Waals surface area (Å²) >= 11 is 2.38. The highest BCUT2D eigenvalue weighted by Crippen LogP contribution is 2.25. The number of ether oxygens (including phenoxy) is 1. The van der Waals surface area contributed by atoms with E-state index in [2.05, 4.69) is 20.8 Å². The predicted molar refractivity (Wildman–Crippen MR) is 93.0 cm³/mol. The molecular weight excluding hydrogens is 352 g/mol. The van der Waals surface area contributed by atoms with Crippen LogP contribution in [0.15, 0.2) is 4.34 Å². The Balaban J connectivity index is 2.32. The summed E-state index contributed by atoms with van der Waals surface area (Å²) in [6.45, 7) is 7.75. The van der Waals surface area contributed by atoms with Crippen LogP contribution in [-0.4, -0.2) is 46.9 Å². The van der Waals surface area contributed by atoms with Gasteiger partial charge in [-0.3, -0.25) is 14.4 Å². The lowest BCUT2D eigenvalue weighted by atomic mass is 9.96. The van der Waals surface area contributed by atoms with Crippen molar-refractivity contribution in [2.24, 2.45) is 5.41 Å². The first-order valence-corrected chi connectivity index (χ1v) is 9.22. The molecule has 1 aromatic heterocycles. The van der Waals surface area contributed by atoms with Crippen molar-refractivity contribution in [3.63, 3.8) is 0 Å². The summed E-state index contributed by atoms with van der Waals surface area (Å²) in [5.74, 6) is -0.543. The number of thioether (sulfide) groups is 1. The van der Waals surface area contributed by atoms with Crippen LogP contribution >= 0.6 is 23.1 Å². The lowest BCUT2D eigenvalue weighted by Crippen LogP contribution is -2.36. The molecule has 0 radical (unpaired) electrons. The number of rotatable bonds is 8. The second-order valence-electron chi connectivity index (χ2n) is 5.77. The number of nitrogens with one attached hydrogen (secondary N) is 2. The fourth-order valence-corrected chi connectivity index (χ4v) is 2.94. The predicted octanol–water partition coefficient (Wildman–Crippen LogP) is 1.68. The summed E-state index contributed by atoms with van der Waals surface area (Å²) in [6, 6.07) is 0. The Morgan fingerprint density at radius 1 is 1.25 bits per heavy atom. The highest BCUT2D eigenvalue weighted by atomic mass is 32.2. The fourth-order valence-electron chi connectivity index (χ4n) is 1.38.